The maximum absolute atomic E-state index is 12.6. The molecule has 4 nitrogen and oxygen atoms in total. The van der Waals surface area contributed by atoms with Crippen LogP contribution in [0.5, 0.6) is 0 Å². The molecule has 102 valence electrons. The Morgan fingerprint density at radius 2 is 1.41 bits per heavy atom. The quantitative estimate of drug-likeness (QED) is 0.655. The average Bonchev–Trinajstić information content (AvgIpc) is 2.13. The van der Waals surface area contributed by atoms with Gasteiger partial charge in [-0.1, -0.05) is 0 Å². The Hall–Kier alpha value is -1.10. The summed E-state index contributed by atoms with van der Waals surface area (Å²) in [5.74, 6) is -15.0. The number of alkyl halides is 7. The summed E-state index contributed by atoms with van der Waals surface area (Å²) in [5, 5.41) is 16.5. The average molecular weight is 273 g/mol. The highest BCUT2D eigenvalue weighted by Gasteiger charge is 2.76. The summed E-state index contributed by atoms with van der Waals surface area (Å²) in [7, 11) is 0. The molecular weight excluding hydrogens is 267 g/mol. The number of aliphatic carboxylic acids is 1. The molecule has 4 N–H and O–H groups in total. The molecule has 0 aliphatic rings. The lowest BCUT2D eigenvalue weighted by molar-refractivity contribution is -0.371. The highest BCUT2D eigenvalue weighted by molar-refractivity contribution is 5.74. The summed E-state index contributed by atoms with van der Waals surface area (Å²) in [6.07, 6.45) is -10.5. The summed E-state index contributed by atoms with van der Waals surface area (Å²) < 4.78 is 84.7. The molecule has 0 heterocycles. The molecule has 0 fully saturated rings. The van der Waals surface area contributed by atoms with E-state index in [4.69, 9.17) is 10.2 Å². The van der Waals surface area contributed by atoms with Crippen LogP contribution in [0.2, 0.25) is 0 Å². The van der Waals surface area contributed by atoms with E-state index in [1.54, 1.807) is 0 Å². The van der Waals surface area contributed by atoms with Gasteiger partial charge in [-0.25, -0.2) is 0 Å². The van der Waals surface area contributed by atoms with Crippen LogP contribution < -0.4 is 5.73 Å². The second kappa shape index (κ2) is 4.29. The third-order valence-corrected chi connectivity index (χ3v) is 1.77. The molecule has 2 unspecified atom stereocenters. The molecule has 0 spiro atoms. The molecular formula is C6H6F7NO3. The zero-order chi connectivity index (χ0) is 14.2. The third-order valence-electron chi connectivity index (χ3n) is 1.77. The van der Waals surface area contributed by atoms with Crippen LogP contribution in [0.15, 0.2) is 0 Å². The molecule has 11 heteroatoms. The van der Waals surface area contributed by atoms with Gasteiger partial charge >= 0.3 is 24.0 Å². The zero-order valence-electron chi connectivity index (χ0n) is 7.68. The van der Waals surface area contributed by atoms with Crippen molar-refractivity contribution in [2.75, 3.05) is 0 Å². The molecule has 0 saturated heterocycles. The second-order valence-electron chi connectivity index (χ2n) is 3.00. The Bertz CT molecular complexity index is 302. The van der Waals surface area contributed by atoms with Gasteiger partial charge in [0.2, 0.25) is 0 Å². The summed E-state index contributed by atoms with van der Waals surface area (Å²) in [4.78, 5) is 10.0. The molecule has 0 aliphatic carbocycles. The molecule has 17 heavy (non-hydrogen) atoms. The van der Waals surface area contributed by atoms with Gasteiger partial charge in [0.15, 0.2) is 0 Å². The Morgan fingerprint density at radius 3 is 1.65 bits per heavy atom. The predicted molar refractivity (Wildman–Crippen MR) is 37.6 cm³/mol. The van der Waals surface area contributed by atoms with Crippen molar-refractivity contribution in [1.29, 1.82) is 0 Å². The van der Waals surface area contributed by atoms with Crippen LogP contribution in [0.4, 0.5) is 30.7 Å². The summed E-state index contributed by atoms with van der Waals surface area (Å²) in [6, 6.07) is -2.99. The Labute approximate surface area is 88.8 Å². The summed E-state index contributed by atoms with van der Waals surface area (Å²) in [6.45, 7) is 0. The van der Waals surface area contributed by atoms with E-state index in [2.05, 4.69) is 5.73 Å². The largest absolute Gasteiger partial charge is 0.480 e. The monoisotopic (exact) mass is 273 g/mol. The van der Waals surface area contributed by atoms with Gasteiger partial charge < -0.3 is 15.9 Å². The van der Waals surface area contributed by atoms with E-state index in [1.807, 2.05) is 0 Å². The number of aliphatic hydroxyl groups excluding tert-OH is 1. The van der Waals surface area contributed by atoms with Crippen molar-refractivity contribution in [3.63, 3.8) is 0 Å². The molecule has 0 bridgehead atoms. The number of rotatable bonds is 4. The first-order valence-electron chi connectivity index (χ1n) is 3.75. The lowest BCUT2D eigenvalue weighted by Gasteiger charge is -2.32. The first-order valence-corrected chi connectivity index (χ1v) is 3.75. The van der Waals surface area contributed by atoms with Crippen LogP contribution in [0.1, 0.15) is 0 Å². The van der Waals surface area contributed by atoms with Crippen LogP contribution in [0, 0.1) is 0 Å². The fourth-order valence-corrected chi connectivity index (χ4v) is 0.735. The zero-order valence-corrected chi connectivity index (χ0v) is 7.68. The first-order chi connectivity index (χ1) is 7.26. The minimum Gasteiger partial charge on any atom is -0.480 e. The van der Waals surface area contributed by atoms with Crippen molar-refractivity contribution in [1.82, 2.24) is 0 Å². The second-order valence-corrected chi connectivity index (χ2v) is 3.00. The molecule has 2 atom stereocenters. The van der Waals surface area contributed by atoms with Gasteiger partial charge in [0.25, 0.3) is 0 Å². The van der Waals surface area contributed by atoms with E-state index in [0.717, 1.165) is 0 Å². The molecule has 0 radical (unpaired) electrons. The highest BCUT2D eigenvalue weighted by atomic mass is 19.4. The van der Waals surface area contributed by atoms with Gasteiger partial charge in [0.1, 0.15) is 12.1 Å². The normalized spacial score (nSPS) is 17.7. The van der Waals surface area contributed by atoms with Crippen LogP contribution in [0.3, 0.4) is 0 Å². The van der Waals surface area contributed by atoms with Crippen molar-refractivity contribution in [3.05, 3.63) is 0 Å². The number of hydrogen-bond donors (Lipinski definition) is 3. The predicted octanol–water partition coefficient (Wildman–Crippen LogP) is 0.592. The van der Waals surface area contributed by atoms with Gasteiger partial charge in [-0.2, -0.15) is 30.7 Å². The number of carboxylic acid groups (broad SMARTS) is 1. The van der Waals surface area contributed by atoms with Gasteiger partial charge in [-0.15, -0.1) is 0 Å². The fraction of sp³-hybridized carbons (Fsp3) is 0.833. The van der Waals surface area contributed by atoms with Gasteiger partial charge in [-0.3, -0.25) is 4.79 Å². The van der Waals surface area contributed by atoms with E-state index < -0.39 is 36.1 Å². The van der Waals surface area contributed by atoms with Crippen molar-refractivity contribution >= 4 is 5.97 Å². The molecule has 0 aliphatic heterocycles. The van der Waals surface area contributed by atoms with E-state index in [1.165, 1.54) is 0 Å². The smallest absolute Gasteiger partial charge is 0.459 e. The topological polar surface area (TPSA) is 83.6 Å². The number of carbonyl (C=O) groups is 1. The standard InChI is InChI=1S/C6H6F7NO3/c7-4(8,2(15)1(14)3(16)17)5(9,10)6(11,12)13/h1-2,15H,14H2,(H,16,17). The number of carboxylic acids is 1. The first kappa shape index (κ1) is 15.9. The molecule has 0 saturated carbocycles. The lowest BCUT2D eigenvalue weighted by Crippen LogP contribution is -2.63. The highest BCUT2D eigenvalue weighted by Crippen LogP contribution is 2.48. The van der Waals surface area contributed by atoms with Crippen LogP contribution in [-0.4, -0.2) is 46.3 Å². The van der Waals surface area contributed by atoms with Crippen LogP contribution in [-0.2, 0) is 4.79 Å². The Balaban J connectivity index is 5.34. The van der Waals surface area contributed by atoms with Gasteiger partial charge in [0.05, 0.1) is 0 Å². The number of nitrogens with two attached hydrogens (primary N) is 1. The Morgan fingerprint density at radius 1 is 1.06 bits per heavy atom. The molecule has 0 rings (SSSR count). The summed E-state index contributed by atoms with van der Waals surface area (Å²) in [5.41, 5.74) is 4.36. The van der Waals surface area contributed by atoms with E-state index >= 15 is 0 Å². The van der Waals surface area contributed by atoms with Crippen molar-refractivity contribution in [2.45, 2.75) is 30.2 Å². The number of hydrogen-bond acceptors (Lipinski definition) is 3. The maximum Gasteiger partial charge on any atom is 0.459 e. The summed E-state index contributed by atoms with van der Waals surface area (Å²) >= 11 is 0. The van der Waals surface area contributed by atoms with Crippen LogP contribution in [0.25, 0.3) is 0 Å². The lowest BCUT2D eigenvalue weighted by atomic mass is 9.99. The molecule has 0 aromatic heterocycles. The van der Waals surface area contributed by atoms with E-state index in [-0.39, 0.29) is 0 Å². The number of halogens is 7. The van der Waals surface area contributed by atoms with Crippen LogP contribution >= 0.6 is 0 Å². The molecule has 0 aromatic rings. The molecule has 0 amide bonds. The molecule has 0 aromatic carbocycles. The minimum atomic E-state index is -6.66. The number of aliphatic hydroxyl groups is 1. The van der Waals surface area contributed by atoms with E-state index in [0.29, 0.717) is 0 Å². The van der Waals surface area contributed by atoms with Crippen molar-refractivity contribution in [3.8, 4) is 0 Å². The SMILES string of the molecule is NC(C(=O)O)C(O)C(F)(F)C(F)(F)C(F)(F)F. The Kier molecular flexibility index (Phi) is 4.01. The van der Waals surface area contributed by atoms with Gasteiger partial charge in [-0.05, 0) is 0 Å². The van der Waals surface area contributed by atoms with E-state index in [9.17, 15) is 35.5 Å². The third kappa shape index (κ3) is 2.60. The maximum atomic E-state index is 12.6. The van der Waals surface area contributed by atoms with Crippen molar-refractivity contribution < 1.29 is 45.7 Å². The van der Waals surface area contributed by atoms with Gasteiger partial charge in [0, 0.05) is 0 Å². The minimum absolute atomic E-state index is 2.35. The fourth-order valence-electron chi connectivity index (χ4n) is 0.735. The van der Waals surface area contributed by atoms with Crippen molar-refractivity contribution in [2.24, 2.45) is 5.73 Å².